The van der Waals surface area contributed by atoms with Crippen LogP contribution in [0, 0.1) is 0 Å². The van der Waals surface area contributed by atoms with Gasteiger partial charge in [-0.2, -0.15) is 4.98 Å². The third kappa shape index (κ3) is 4.55. The van der Waals surface area contributed by atoms with E-state index in [1.54, 1.807) is 25.2 Å². The van der Waals surface area contributed by atoms with E-state index in [1.807, 2.05) is 24.5 Å². The van der Waals surface area contributed by atoms with Crippen molar-refractivity contribution in [3.63, 3.8) is 0 Å². The van der Waals surface area contributed by atoms with Gasteiger partial charge in [-0.15, -0.1) is 0 Å². The Morgan fingerprint density at radius 3 is 2.73 bits per heavy atom. The summed E-state index contributed by atoms with van der Waals surface area (Å²) < 4.78 is 15.4. The molecule has 37 heavy (non-hydrogen) atoms. The van der Waals surface area contributed by atoms with Crippen molar-refractivity contribution in [3.8, 4) is 11.5 Å². The molecule has 2 N–H and O–H groups in total. The number of hydrogen-bond acceptors (Lipinski definition) is 8. The number of piperidine rings is 1. The molecule has 5 rings (SSSR count). The SMILES string of the molecule is CC(C)=CCn1c(N2CCCC(N)C2)nc2c1c(=O)n(CC(=O)c1cccc3c1OCCO3)c(=O)n2C. The van der Waals surface area contributed by atoms with E-state index in [-0.39, 0.29) is 22.8 Å². The molecule has 3 aromatic rings. The average Bonchev–Trinajstić information content (AvgIpc) is 3.28. The predicted octanol–water partition coefficient (Wildman–Crippen LogP) is 1.44. The van der Waals surface area contributed by atoms with Crippen molar-refractivity contribution in [2.45, 2.75) is 45.8 Å². The molecule has 0 amide bonds. The Labute approximate surface area is 213 Å². The standard InChI is InChI=1S/C26H32N6O5/c1-16(2)9-11-31-21-23(28-25(31)30-10-5-6-17(27)14-30)29(3)26(35)32(24(21)34)15-19(33)18-7-4-8-20-22(18)37-13-12-36-20/h4,7-9,17H,5-6,10-15,27H2,1-3H3. The Kier molecular flexibility index (Phi) is 6.63. The van der Waals surface area contributed by atoms with Crippen LogP contribution in [0.3, 0.4) is 0 Å². The number of fused-ring (bicyclic) bond motifs is 2. The number of benzene rings is 1. The van der Waals surface area contributed by atoms with Gasteiger partial charge in [0.1, 0.15) is 13.2 Å². The highest BCUT2D eigenvalue weighted by atomic mass is 16.6. The summed E-state index contributed by atoms with van der Waals surface area (Å²) in [5, 5.41) is 0. The second-order valence-corrected chi connectivity index (χ2v) is 9.81. The molecule has 11 heteroatoms. The first-order chi connectivity index (χ1) is 17.8. The van der Waals surface area contributed by atoms with Crippen molar-refractivity contribution in [1.29, 1.82) is 0 Å². The van der Waals surface area contributed by atoms with Crippen molar-refractivity contribution in [3.05, 3.63) is 56.2 Å². The smallest absolute Gasteiger partial charge is 0.332 e. The molecule has 1 fully saturated rings. The van der Waals surface area contributed by atoms with Gasteiger partial charge in [-0.1, -0.05) is 17.7 Å². The van der Waals surface area contributed by atoms with E-state index in [2.05, 4.69) is 4.90 Å². The van der Waals surface area contributed by atoms with E-state index in [9.17, 15) is 14.4 Å². The van der Waals surface area contributed by atoms with Crippen LogP contribution in [0.5, 0.6) is 11.5 Å². The molecular weight excluding hydrogens is 476 g/mol. The molecule has 1 atom stereocenters. The van der Waals surface area contributed by atoms with E-state index in [0.29, 0.717) is 43.8 Å². The van der Waals surface area contributed by atoms with Gasteiger partial charge in [0, 0.05) is 32.7 Å². The Morgan fingerprint density at radius 2 is 1.97 bits per heavy atom. The Bertz CT molecular complexity index is 1510. The first-order valence-electron chi connectivity index (χ1n) is 12.5. The third-order valence-electron chi connectivity index (χ3n) is 6.80. The highest BCUT2D eigenvalue weighted by molar-refractivity contribution is 5.99. The van der Waals surface area contributed by atoms with Gasteiger partial charge >= 0.3 is 5.69 Å². The molecule has 2 aliphatic heterocycles. The predicted molar refractivity (Wildman–Crippen MR) is 140 cm³/mol. The highest BCUT2D eigenvalue weighted by Crippen LogP contribution is 2.34. The fourth-order valence-electron chi connectivity index (χ4n) is 4.90. The van der Waals surface area contributed by atoms with Crippen LogP contribution >= 0.6 is 0 Å². The molecule has 0 radical (unpaired) electrons. The zero-order chi connectivity index (χ0) is 26.3. The second kappa shape index (κ2) is 9.89. The van der Waals surface area contributed by atoms with Crippen molar-refractivity contribution >= 4 is 22.9 Å². The fourth-order valence-corrected chi connectivity index (χ4v) is 4.90. The molecule has 0 bridgehead atoms. The molecule has 1 saturated heterocycles. The lowest BCUT2D eigenvalue weighted by Crippen LogP contribution is -2.44. The molecule has 0 saturated carbocycles. The van der Waals surface area contributed by atoms with Crippen LogP contribution in [0.15, 0.2) is 39.4 Å². The highest BCUT2D eigenvalue weighted by Gasteiger charge is 2.27. The average molecular weight is 509 g/mol. The molecule has 0 spiro atoms. The molecule has 2 aromatic heterocycles. The van der Waals surface area contributed by atoms with E-state index >= 15 is 0 Å². The number of nitrogens with zero attached hydrogens (tertiary/aromatic N) is 5. The first-order valence-corrected chi connectivity index (χ1v) is 12.5. The summed E-state index contributed by atoms with van der Waals surface area (Å²) in [7, 11) is 1.57. The maximum atomic E-state index is 13.8. The van der Waals surface area contributed by atoms with Crippen LogP contribution in [-0.2, 0) is 20.1 Å². The molecule has 2 aliphatic rings. The van der Waals surface area contributed by atoms with Crippen LogP contribution in [0.25, 0.3) is 11.2 Å². The Balaban J connectivity index is 1.63. The number of aryl methyl sites for hydroxylation is 1. The minimum Gasteiger partial charge on any atom is -0.486 e. The van der Waals surface area contributed by atoms with E-state index in [4.69, 9.17) is 20.2 Å². The summed E-state index contributed by atoms with van der Waals surface area (Å²) in [6.07, 6.45) is 3.84. The van der Waals surface area contributed by atoms with E-state index in [0.717, 1.165) is 29.5 Å². The van der Waals surface area contributed by atoms with Gasteiger partial charge in [-0.3, -0.25) is 18.7 Å². The van der Waals surface area contributed by atoms with Crippen molar-refractivity contribution < 1.29 is 14.3 Å². The number of rotatable bonds is 6. The van der Waals surface area contributed by atoms with Gasteiger partial charge < -0.3 is 24.7 Å². The molecule has 1 unspecified atom stereocenters. The minimum atomic E-state index is -0.610. The normalized spacial score (nSPS) is 17.2. The van der Waals surface area contributed by atoms with Gasteiger partial charge in [0.15, 0.2) is 28.4 Å². The largest absolute Gasteiger partial charge is 0.486 e. The lowest BCUT2D eigenvalue weighted by atomic mass is 10.1. The number of nitrogens with two attached hydrogens (primary N) is 1. The zero-order valence-electron chi connectivity index (χ0n) is 21.4. The molecule has 0 aliphatic carbocycles. The molecule has 4 heterocycles. The van der Waals surface area contributed by atoms with Crippen LogP contribution < -0.4 is 31.4 Å². The summed E-state index contributed by atoms with van der Waals surface area (Å²) in [6.45, 7) is 6.01. The number of anilines is 1. The Morgan fingerprint density at radius 1 is 1.19 bits per heavy atom. The van der Waals surface area contributed by atoms with Crippen LogP contribution in [-0.4, -0.2) is 56.8 Å². The number of para-hydroxylation sites is 1. The Hall–Kier alpha value is -3.86. The van der Waals surface area contributed by atoms with Gasteiger partial charge in [0.25, 0.3) is 5.56 Å². The number of ether oxygens (including phenoxy) is 2. The topological polar surface area (TPSA) is 127 Å². The zero-order valence-corrected chi connectivity index (χ0v) is 21.4. The fraction of sp³-hybridized carbons (Fsp3) is 0.462. The summed E-state index contributed by atoms with van der Waals surface area (Å²) >= 11 is 0. The number of imidazole rings is 1. The number of hydrogen-bond donors (Lipinski definition) is 1. The van der Waals surface area contributed by atoms with Crippen LogP contribution in [0.1, 0.15) is 37.0 Å². The number of carbonyl (C=O) groups is 1. The summed E-state index contributed by atoms with van der Waals surface area (Å²) in [4.78, 5) is 47.2. The maximum Gasteiger partial charge on any atom is 0.332 e. The first kappa shape index (κ1) is 24.8. The third-order valence-corrected chi connectivity index (χ3v) is 6.80. The quantitative estimate of drug-likeness (QED) is 0.392. The lowest BCUT2D eigenvalue weighted by molar-refractivity contribution is 0.0957. The van der Waals surface area contributed by atoms with Gasteiger partial charge in [0.2, 0.25) is 5.95 Å². The number of aromatic nitrogens is 4. The van der Waals surface area contributed by atoms with E-state index in [1.165, 1.54) is 4.57 Å². The summed E-state index contributed by atoms with van der Waals surface area (Å²) in [6, 6.07) is 5.03. The molecule has 1 aromatic carbocycles. The van der Waals surface area contributed by atoms with Crippen molar-refractivity contribution in [2.75, 3.05) is 31.2 Å². The lowest BCUT2D eigenvalue weighted by Gasteiger charge is -2.31. The second-order valence-electron chi connectivity index (χ2n) is 9.81. The van der Waals surface area contributed by atoms with Crippen molar-refractivity contribution in [1.82, 2.24) is 18.7 Å². The molecule has 11 nitrogen and oxygen atoms in total. The van der Waals surface area contributed by atoms with Gasteiger partial charge in [-0.05, 0) is 38.8 Å². The van der Waals surface area contributed by atoms with Crippen LogP contribution in [0.2, 0.25) is 0 Å². The minimum absolute atomic E-state index is 0.00608. The number of ketones is 1. The number of carbonyl (C=O) groups excluding carboxylic acids is 1. The van der Waals surface area contributed by atoms with Gasteiger partial charge in [-0.25, -0.2) is 4.79 Å². The number of Topliss-reactive ketones (excluding diaryl/α,β-unsaturated/α-hetero) is 1. The summed E-state index contributed by atoms with van der Waals surface area (Å²) in [5.41, 5.74) is 6.97. The summed E-state index contributed by atoms with van der Waals surface area (Å²) in [5.74, 6) is 0.985. The maximum absolute atomic E-state index is 13.8. The number of allylic oxidation sites excluding steroid dienone is 2. The van der Waals surface area contributed by atoms with Gasteiger partial charge in [0.05, 0.1) is 12.1 Å². The monoisotopic (exact) mass is 508 g/mol. The van der Waals surface area contributed by atoms with Crippen molar-refractivity contribution in [2.24, 2.45) is 12.8 Å². The molecular formula is C26H32N6O5. The van der Waals surface area contributed by atoms with Crippen LogP contribution in [0.4, 0.5) is 5.95 Å². The molecule has 196 valence electrons. The van der Waals surface area contributed by atoms with E-state index < -0.39 is 23.6 Å².